The molecule has 0 aliphatic heterocycles. The Kier molecular flexibility index (Phi) is 3.72. The van der Waals surface area contributed by atoms with Gasteiger partial charge in [0, 0.05) is 5.39 Å². The van der Waals surface area contributed by atoms with E-state index in [0.717, 1.165) is 10.9 Å². The van der Waals surface area contributed by atoms with Crippen LogP contribution in [0.5, 0.6) is 0 Å². The molecule has 24 heavy (non-hydrogen) atoms. The van der Waals surface area contributed by atoms with E-state index in [9.17, 15) is 14.7 Å². The average Bonchev–Trinajstić information content (AvgIpc) is 2.95. The summed E-state index contributed by atoms with van der Waals surface area (Å²) in [6, 6.07) is 7.45. The fraction of sp³-hybridized carbons (Fsp3) is 0.0588. The van der Waals surface area contributed by atoms with Gasteiger partial charge in [-0.25, -0.2) is 9.78 Å². The maximum Gasteiger partial charge on any atom is 0.337 e. The molecule has 0 radical (unpaired) electrons. The molecule has 0 spiro atoms. The van der Waals surface area contributed by atoms with Crippen LogP contribution in [0.4, 0.5) is 5.69 Å². The molecule has 0 saturated carbocycles. The Morgan fingerprint density at radius 3 is 2.83 bits per heavy atom. The third kappa shape index (κ3) is 2.68. The molecule has 1 amide bonds. The predicted octanol–water partition coefficient (Wildman–Crippen LogP) is 2.96. The molecule has 2 aromatic heterocycles. The normalized spacial score (nSPS) is 10.3. The quantitative estimate of drug-likeness (QED) is 0.766. The number of hydrogen-bond acceptors (Lipinski definition) is 5. The zero-order valence-electron chi connectivity index (χ0n) is 12.5. The number of aromatic carboxylic acids is 1. The monoisotopic (exact) mass is 321 g/mol. The number of nitriles is 1. The van der Waals surface area contributed by atoms with Gasteiger partial charge in [0.25, 0.3) is 5.91 Å². The lowest BCUT2D eigenvalue weighted by Crippen LogP contribution is -2.16. The van der Waals surface area contributed by atoms with Crippen LogP contribution in [-0.4, -0.2) is 22.0 Å². The summed E-state index contributed by atoms with van der Waals surface area (Å²) < 4.78 is 5.28. The van der Waals surface area contributed by atoms with Gasteiger partial charge in [-0.05, 0) is 36.8 Å². The molecule has 0 unspecified atom stereocenters. The van der Waals surface area contributed by atoms with E-state index in [1.165, 1.54) is 24.4 Å². The van der Waals surface area contributed by atoms with Gasteiger partial charge >= 0.3 is 5.97 Å². The Hall–Kier alpha value is -3.66. The molecule has 0 aliphatic rings. The van der Waals surface area contributed by atoms with Gasteiger partial charge in [-0.3, -0.25) is 4.79 Å². The Balaban J connectivity index is 1.95. The molecule has 118 valence electrons. The third-order valence-corrected chi connectivity index (χ3v) is 3.51. The van der Waals surface area contributed by atoms with Gasteiger partial charge in [0.15, 0.2) is 5.58 Å². The van der Waals surface area contributed by atoms with E-state index in [1.54, 1.807) is 12.3 Å². The van der Waals surface area contributed by atoms with Crippen LogP contribution in [0.1, 0.15) is 32.0 Å². The Bertz CT molecular complexity index is 1010. The largest absolute Gasteiger partial charge is 0.478 e. The van der Waals surface area contributed by atoms with Crippen molar-refractivity contribution in [2.45, 2.75) is 6.92 Å². The summed E-state index contributed by atoms with van der Waals surface area (Å²) >= 11 is 0. The zero-order valence-corrected chi connectivity index (χ0v) is 12.5. The molecular weight excluding hydrogens is 310 g/mol. The van der Waals surface area contributed by atoms with Crippen LogP contribution in [0, 0.1) is 18.3 Å². The number of anilines is 1. The number of hydrogen-bond donors (Lipinski definition) is 2. The van der Waals surface area contributed by atoms with Crippen LogP contribution in [0.25, 0.3) is 11.0 Å². The summed E-state index contributed by atoms with van der Waals surface area (Å²) in [5.41, 5.74) is 1.69. The Labute approximate surface area is 136 Å². The molecule has 0 atom stereocenters. The van der Waals surface area contributed by atoms with Crippen molar-refractivity contribution >= 4 is 28.5 Å². The second-order valence-corrected chi connectivity index (χ2v) is 5.12. The van der Waals surface area contributed by atoms with Crippen molar-refractivity contribution in [1.82, 2.24) is 4.98 Å². The Morgan fingerprint density at radius 2 is 2.12 bits per heavy atom. The minimum atomic E-state index is -1.24. The van der Waals surface area contributed by atoms with E-state index in [4.69, 9.17) is 9.68 Å². The number of carboxylic acids is 1. The van der Waals surface area contributed by atoms with Crippen molar-refractivity contribution in [1.29, 1.82) is 5.26 Å². The molecule has 2 N–H and O–H groups in total. The van der Waals surface area contributed by atoms with Crippen LogP contribution in [0.3, 0.4) is 0 Å². The van der Waals surface area contributed by atoms with E-state index < -0.39 is 11.9 Å². The molecule has 2 heterocycles. The standard InChI is InChI=1S/C17H11N3O4/c1-9-8-24-15-7-19-14(5-11(9)15)16(21)20-13-3-2-10(6-18)4-12(13)17(22)23/h2-5,7-8H,1H3,(H,20,21)(H,22,23). The summed E-state index contributed by atoms with van der Waals surface area (Å²) in [5, 5.41) is 21.4. The second kappa shape index (κ2) is 5.85. The van der Waals surface area contributed by atoms with Crippen molar-refractivity contribution in [3.05, 3.63) is 59.1 Å². The first kappa shape index (κ1) is 15.2. The lowest BCUT2D eigenvalue weighted by molar-refractivity contribution is 0.0698. The molecule has 3 rings (SSSR count). The predicted molar refractivity (Wildman–Crippen MR) is 84.8 cm³/mol. The van der Waals surface area contributed by atoms with E-state index in [-0.39, 0.29) is 22.5 Å². The van der Waals surface area contributed by atoms with E-state index in [2.05, 4.69) is 10.3 Å². The van der Waals surface area contributed by atoms with Gasteiger partial charge in [0.2, 0.25) is 0 Å². The number of nitrogens with zero attached hydrogens (tertiary/aromatic N) is 2. The average molecular weight is 321 g/mol. The number of benzene rings is 1. The van der Waals surface area contributed by atoms with Crippen LogP contribution in [0.2, 0.25) is 0 Å². The molecule has 0 saturated heterocycles. The number of rotatable bonds is 3. The highest BCUT2D eigenvalue weighted by molar-refractivity contribution is 6.08. The van der Waals surface area contributed by atoms with Gasteiger partial charge in [-0.15, -0.1) is 0 Å². The maximum atomic E-state index is 12.4. The summed E-state index contributed by atoms with van der Waals surface area (Å²) in [6.45, 7) is 1.84. The van der Waals surface area contributed by atoms with Crippen LogP contribution < -0.4 is 5.32 Å². The Morgan fingerprint density at radius 1 is 1.33 bits per heavy atom. The van der Waals surface area contributed by atoms with E-state index >= 15 is 0 Å². The molecule has 7 nitrogen and oxygen atoms in total. The molecule has 0 fully saturated rings. The number of carboxylic acid groups (broad SMARTS) is 1. The molecule has 1 aromatic carbocycles. The smallest absolute Gasteiger partial charge is 0.337 e. The number of aromatic nitrogens is 1. The highest BCUT2D eigenvalue weighted by Gasteiger charge is 2.16. The molecule has 0 aliphatic carbocycles. The number of fused-ring (bicyclic) bond motifs is 1. The van der Waals surface area contributed by atoms with Crippen LogP contribution in [0.15, 0.2) is 41.1 Å². The first-order chi connectivity index (χ1) is 11.5. The summed E-state index contributed by atoms with van der Waals surface area (Å²) in [5.74, 6) is -1.79. The second-order valence-electron chi connectivity index (χ2n) is 5.12. The topological polar surface area (TPSA) is 116 Å². The van der Waals surface area contributed by atoms with Crippen molar-refractivity contribution in [2.75, 3.05) is 5.32 Å². The summed E-state index contributed by atoms with van der Waals surface area (Å²) in [7, 11) is 0. The van der Waals surface area contributed by atoms with Crippen molar-refractivity contribution in [3.8, 4) is 6.07 Å². The van der Waals surface area contributed by atoms with E-state index in [0.29, 0.717) is 5.58 Å². The third-order valence-electron chi connectivity index (χ3n) is 3.51. The molecule has 3 aromatic rings. The van der Waals surface area contributed by atoms with Gasteiger partial charge in [-0.2, -0.15) is 5.26 Å². The number of carbonyl (C=O) groups excluding carboxylic acids is 1. The number of carbonyl (C=O) groups is 2. The van der Waals surface area contributed by atoms with Crippen molar-refractivity contribution in [3.63, 3.8) is 0 Å². The number of aryl methyl sites for hydroxylation is 1. The fourth-order valence-electron chi connectivity index (χ4n) is 2.27. The summed E-state index contributed by atoms with van der Waals surface area (Å²) in [6.07, 6.45) is 3.01. The van der Waals surface area contributed by atoms with Crippen LogP contribution >= 0.6 is 0 Å². The highest BCUT2D eigenvalue weighted by Crippen LogP contribution is 2.22. The molecule has 7 heteroatoms. The van der Waals surface area contributed by atoms with Crippen LogP contribution in [-0.2, 0) is 0 Å². The maximum absolute atomic E-state index is 12.4. The molecule has 0 bridgehead atoms. The van der Waals surface area contributed by atoms with E-state index in [1.807, 2.05) is 13.0 Å². The van der Waals surface area contributed by atoms with Gasteiger partial charge in [0.05, 0.1) is 35.3 Å². The summed E-state index contributed by atoms with van der Waals surface area (Å²) in [4.78, 5) is 27.7. The number of nitrogens with one attached hydrogen (secondary N) is 1. The number of amides is 1. The lowest BCUT2D eigenvalue weighted by Gasteiger charge is -2.08. The molecular formula is C17H11N3O4. The van der Waals surface area contributed by atoms with Crippen molar-refractivity contribution in [2.24, 2.45) is 0 Å². The highest BCUT2D eigenvalue weighted by atomic mass is 16.4. The van der Waals surface area contributed by atoms with Gasteiger partial charge in [-0.1, -0.05) is 0 Å². The first-order valence-electron chi connectivity index (χ1n) is 6.92. The number of pyridine rings is 1. The minimum absolute atomic E-state index is 0.0947. The lowest BCUT2D eigenvalue weighted by atomic mass is 10.1. The first-order valence-corrected chi connectivity index (χ1v) is 6.92. The number of furan rings is 1. The van der Waals surface area contributed by atoms with Crippen molar-refractivity contribution < 1.29 is 19.1 Å². The zero-order chi connectivity index (χ0) is 17.3. The fourth-order valence-corrected chi connectivity index (χ4v) is 2.27. The van der Waals surface area contributed by atoms with Gasteiger partial charge < -0.3 is 14.8 Å². The minimum Gasteiger partial charge on any atom is -0.478 e. The SMILES string of the molecule is Cc1coc2cnc(C(=O)Nc3ccc(C#N)cc3C(=O)O)cc12. The van der Waals surface area contributed by atoms with Gasteiger partial charge in [0.1, 0.15) is 5.69 Å².